The number of nitrogens with one attached hydrogen (secondary N) is 1. The molecule has 0 atom stereocenters. The first-order chi connectivity index (χ1) is 9.56. The summed E-state index contributed by atoms with van der Waals surface area (Å²) in [6.45, 7) is 2.83. The molecular weight excluding hydrogens is 254 g/mol. The van der Waals surface area contributed by atoms with Crippen molar-refractivity contribution < 1.29 is 15.0 Å². The van der Waals surface area contributed by atoms with Crippen LogP contribution in [-0.2, 0) is 6.54 Å². The van der Waals surface area contributed by atoms with E-state index in [0.717, 1.165) is 31.2 Å². The van der Waals surface area contributed by atoms with Gasteiger partial charge in [0.05, 0.1) is 12.2 Å². The van der Waals surface area contributed by atoms with Crippen molar-refractivity contribution in [2.45, 2.75) is 44.7 Å². The fraction of sp³-hybridized carbons (Fsp3) is 0.562. The Hall–Kier alpha value is -1.39. The Balaban J connectivity index is 2.05. The first-order valence-electron chi connectivity index (χ1n) is 7.23. The summed E-state index contributed by atoms with van der Waals surface area (Å²) in [7, 11) is 0. The SMILES string of the molecule is CC1CCC(CO)(NCc2ccccc2C(=O)O)CC1. The monoisotopic (exact) mass is 277 g/mol. The van der Waals surface area contributed by atoms with Crippen molar-refractivity contribution >= 4 is 5.97 Å². The molecule has 0 aromatic heterocycles. The minimum absolute atomic E-state index is 0.106. The van der Waals surface area contributed by atoms with Gasteiger partial charge in [0.2, 0.25) is 0 Å². The quantitative estimate of drug-likeness (QED) is 0.773. The summed E-state index contributed by atoms with van der Waals surface area (Å²) in [5.41, 5.74) is 0.849. The van der Waals surface area contributed by atoms with Crippen LogP contribution in [0.3, 0.4) is 0 Å². The molecule has 0 heterocycles. The lowest BCUT2D eigenvalue weighted by atomic mass is 9.77. The number of carbonyl (C=O) groups is 1. The van der Waals surface area contributed by atoms with E-state index in [-0.39, 0.29) is 12.1 Å². The molecule has 1 aromatic rings. The van der Waals surface area contributed by atoms with Crippen LogP contribution in [-0.4, -0.2) is 28.3 Å². The lowest BCUT2D eigenvalue weighted by Crippen LogP contribution is -2.50. The standard InChI is InChI=1S/C16H23NO3/c1-12-6-8-16(11-18,9-7-12)17-10-13-4-2-3-5-14(13)15(19)20/h2-5,12,17-18H,6-11H2,1H3,(H,19,20). The Kier molecular flexibility index (Phi) is 4.78. The predicted molar refractivity (Wildman–Crippen MR) is 77.7 cm³/mol. The van der Waals surface area contributed by atoms with Crippen molar-refractivity contribution in [3.8, 4) is 0 Å². The summed E-state index contributed by atoms with van der Waals surface area (Å²) in [6.07, 6.45) is 4.10. The number of aliphatic hydroxyl groups excluding tert-OH is 1. The van der Waals surface area contributed by atoms with E-state index in [1.54, 1.807) is 12.1 Å². The maximum absolute atomic E-state index is 11.2. The Labute approximate surface area is 119 Å². The number of carboxylic acids is 1. The van der Waals surface area contributed by atoms with Crippen molar-refractivity contribution in [3.05, 3.63) is 35.4 Å². The average Bonchev–Trinajstić information content (AvgIpc) is 2.47. The number of hydrogen-bond donors (Lipinski definition) is 3. The molecule has 1 fully saturated rings. The van der Waals surface area contributed by atoms with Crippen molar-refractivity contribution in [1.29, 1.82) is 0 Å². The van der Waals surface area contributed by atoms with Gasteiger partial charge in [-0.1, -0.05) is 25.1 Å². The highest BCUT2D eigenvalue weighted by molar-refractivity contribution is 5.89. The highest BCUT2D eigenvalue weighted by atomic mass is 16.4. The van der Waals surface area contributed by atoms with E-state index in [1.807, 2.05) is 12.1 Å². The smallest absolute Gasteiger partial charge is 0.336 e. The van der Waals surface area contributed by atoms with E-state index in [0.29, 0.717) is 18.0 Å². The van der Waals surface area contributed by atoms with E-state index in [9.17, 15) is 15.0 Å². The molecule has 1 aromatic carbocycles. The number of rotatable bonds is 5. The Morgan fingerprint density at radius 2 is 2.00 bits per heavy atom. The molecule has 0 radical (unpaired) electrons. The number of benzene rings is 1. The van der Waals surface area contributed by atoms with E-state index in [2.05, 4.69) is 12.2 Å². The van der Waals surface area contributed by atoms with Crippen LogP contribution in [0.4, 0.5) is 0 Å². The van der Waals surface area contributed by atoms with Crippen LogP contribution in [0.1, 0.15) is 48.5 Å². The zero-order valence-electron chi connectivity index (χ0n) is 11.9. The van der Waals surface area contributed by atoms with Gasteiger partial charge in [0.15, 0.2) is 0 Å². The third-order valence-corrected chi connectivity index (χ3v) is 4.44. The zero-order valence-corrected chi connectivity index (χ0v) is 11.9. The number of aliphatic hydroxyl groups is 1. The van der Waals surface area contributed by atoms with Crippen molar-refractivity contribution in [1.82, 2.24) is 5.32 Å². The maximum Gasteiger partial charge on any atom is 0.336 e. The van der Waals surface area contributed by atoms with Crippen LogP contribution in [0.5, 0.6) is 0 Å². The number of carboxylic acid groups (broad SMARTS) is 1. The van der Waals surface area contributed by atoms with Gasteiger partial charge < -0.3 is 15.5 Å². The van der Waals surface area contributed by atoms with Gasteiger partial charge in [-0.25, -0.2) is 4.79 Å². The predicted octanol–water partition coefficient (Wildman–Crippen LogP) is 2.42. The molecule has 3 N–H and O–H groups in total. The van der Waals surface area contributed by atoms with Gasteiger partial charge in [-0.15, -0.1) is 0 Å². The first kappa shape index (κ1) is 15.0. The average molecular weight is 277 g/mol. The third kappa shape index (κ3) is 3.38. The van der Waals surface area contributed by atoms with Crippen LogP contribution in [0.25, 0.3) is 0 Å². The first-order valence-corrected chi connectivity index (χ1v) is 7.23. The van der Waals surface area contributed by atoms with Gasteiger partial charge >= 0.3 is 5.97 Å². The maximum atomic E-state index is 11.2. The number of hydrogen-bond acceptors (Lipinski definition) is 3. The van der Waals surface area contributed by atoms with E-state index < -0.39 is 5.97 Å². The summed E-state index contributed by atoms with van der Waals surface area (Å²) >= 11 is 0. The molecule has 0 unspecified atom stereocenters. The zero-order chi connectivity index (χ0) is 14.6. The summed E-state index contributed by atoms with van der Waals surface area (Å²) in [5, 5.41) is 22.3. The van der Waals surface area contributed by atoms with Gasteiger partial charge in [-0.3, -0.25) is 0 Å². The minimum atomic E-state index is -0.905. The fourth-order valence-corrected chi connectivity index (χ4v) is 2.87. The Bertz CT molecular complexity index is 465. The largest absolute Gasteiger partial charge is 0.478 e. The topological polar surface area (TPSA) is 69.6 Å². The molecule has 1 aliphatic rings. The molecule has 0 saturated heterocycles. The van der Waals surface area contributed by atoms with Crippen molar-refractivity contribution in [2.24, 2.45) is 5.92 Å². The van der Waals surface area contributed by atoms with Crippen LogP contribution in [0.15, 0.2) is 24.3 Å². The van der Waals surface area contributed by atoms with Crippen LogP contribution >= 0.6 is 0 Å². The van der Waals surface area contributed by atoms with E-state index in [4.69, 9.17) is 0 Å². The normalized spacial score (nSPS) is 26.4. The van der Waals surface area contributed by atoms with Crippen molar-refractivity contribution in [2.75, 3.05) is 6.61 Å². The summed E-state index contributed by atoms with van der Waals surface area (Å²) in [4.78, 5) is 11.2. The van der Waals surface area contributed by atoms with Gasteiger partial charge in [-0.2, -0.15) is 0 Å². The molecule has 4 heteroatoms. The molecule has 20 heavy (non-hydrogen) atoms. The second kappa shape index (κ2) is 6.37. The Morgan fingerprint density at radius 3 is 2.60 bits per heavy atom. The van der Waals surface area contributed by atoms with E-state index >= 15 is 0 Å². The molecule has 1 saturated carbocycles. The molecule has 0 amide bonds. The summed E-state index contributed by atoms with van der Waals surface area (Å²) in [6, 6.07) is 7.02. The lowest BCUT2D eigenvalue weighted by molar-refractivity contribution is 0.0694. The molecule has 1 aliphatic carbocycles. The van der Waals surface area contributed by atoms with Crippen LogP contribution in [0.2, 0.25) is 0 Å². The van der Waals surface area contributed by atoms with Gasteiger partial charge in [-0.05, 0) is 43.2 Å². The van der Waals surface area contributed by atoms with E-state index in [1.165, 1.54) is 0 Å². The molecule has 4 nitrogen and oxygen atoms in total. The molecule has 0 spiro atoms. The highest BCUT2D eigenvalue weighted by Crippen LogP contribution is 2.31. The lowest BCUT2D eigenvalue weighted by Gasteiger charge is -2.39. The molecular formula is C16H23NO3. The molecule has 110 valence electrons. The second-order valence-corrected chi connectivity index (χ2v) is 5.94. The second-order valence-electron chi connectivity index (χ2n) is 5.94. The van der Waals surface area contributed by atoms with Crippen LogP contribution < -0.4 is 5.32 Å². The Morgan fingerprint density at radius 1 is 1.35 bits per heavy atom. The van der Waals surface area contributed by atoms with Gasteiger partial charge in [0.1, 0.15) is 0 Å². The molecule has 0 bridgehead atoms. The van der Waals surface area contributed by atoms with Gasteiger partial charge in [0, 0.05) is 12.1 Å². The summed E-state index contributed by atoms with van der Waals surface area (Å²) in [5.74, 6) is -0.194. The summed E-state index contributed by atoms with van der Waals surface area (Å²) < 4.78 is 0. The highest BCUT2D eigenvalue weighted by Gasteiger charge is 2.33. The third-order valence-electron chi connectivity index (χ3n) is 4.44. The van der Waals surface area contributed by atoms with Gasteiger partial charge in [0.25, 0.3) is 0 Å². The van der Waals surface area contributed by atoms with Crippen molar-refractivity contribution in [3.63, 3.8) is 0 Å². The fourth-order valence-electron chi connectivity index (χ4n) is 2.87. The molecule has 2 rings (SSSR count). The minimum Gasteiger partial charge on any atom is -0.478 e. The number of aromatic carboxylic acids is 1. The van der Waals surface area contributed by atoms with Crippen LogP contribution in [0, 0.1) is 5.92 Å². The molecule has 0 aliphatic heterocycles.